The van der Waals surface area contributed by atoms with E-state index in [1.54, 1.807) is 4.90 Å². The number of carbonyl (C=O) groups excluding carboxylic acids is 4. The van der Waals surface area contributed by atoms with Crippen LogP contribution in [-0.4, -0.2) is 182 Å². The Bertz CT molecular complexity index is 2530. The van der Waals surface area contributed by atoms with Crippen LogP contribution in [0.4, 0.5) is 26.1 Å². The number of aromatic nitrogens is 2. The molecule has 2 aromatic carbocycles. The van der Waals surface area contributed by atoms with Crippen LogP contribution < -0.4 is 36.4 Å². The van der Waals surface area contributed by atoms with Crippen LogP contribution in [0.1, 0.15) is 104 Å². The molecule has 0 bridgehead atoms. The maximum Gasteiger partial charge on any atom is 0.249 e. The highest BCUT2D eigenvalue weighted by atomic mass is 19.1. The highest BCUT2D eigenvalue weighted by Gasteiger charge is 2.44. The van der Waals surface area contributed by atoms with E-state index in [4.69, 9.17) is 4.74 Å². The zero-order valence-corrected chi connectivity index (χ0v) is 48.2. The summed E-state index contributed by atoms with van der Waals surface area (Å²) >= 11 is 0. The maximum absolute atomic E-state index is 15.7. The summed E-state index contributed by atoms with van der Waals surface area (Å²) in [5.74, 6) is -0.622. The number of hydrogen-bond donors (Lipinski definition) is 6. The number of rotatable bonds is 26. The van der Waals surface area contributed by atoms with E-state index in [0.29, 0.717) is 103 Å². The van der Waals surface area contributed by atoms with Gasteiger partial charge in [-0.3, -0.25) is 24.1 Å². The molecular formula is C60H90F2N12O6. The van der Waals surface area contributed by atoms with E-state index in [2.05, 4.69) is 70.0 Å². The Labute approximate surface area is 472 Å². The lowest BCUT2D eigenvalue weighted by Crippen LogP contribution is -2.66. The van der Waals surface area contributed by atoms with Crippen LogP contribution in [0.5, 0.6) is 0 Å². The van der Waals surface area contributed by atoms with Crippen molar-refractivity contribution in [2.24, 2.45) is 22.7 Å². The van der Waals surface area contributed by atoms with Gasteiger partial charge in [-0.25, -0.2) is 18.7 Å². The molecule has 4 atom stereocenters. The van der Waals surface area contributed by atoms with Crippen LogP contribution >= 0.6 is 0 Å². The summed E-state index contributed by atoms with van der Waals surface area (Å²) in [5, 5.41) is 26.1. The first-order valence-electron chi connectivity index (χ1n) is 29.5. The average Bonchev–Trinajstić information content (AvgIpc) is 4.08. The molecule has 0 radical (unpaired) electrons. The van der Waals surface area contributed by atoms with Gasteiger partial charge < -0.3 is 56.0 Å². The number of halogens is 2. The lowest BCUT2D eigenvalue weighted by Gasteiger charge is -2.48. The monoisotopic (exact) mass is 1110 g/mol. The molecular weight excluding hydrogens is 1020 g/mol. The Balaban J connectivity index is 0.666. The van der Waals surface area contributed by atoms with Crippen LogP contribution in [0.3, 0.4) is 0 Å². The van der Waals surface area contributed by atoms with Gasteiger partial charge in [0.15, 0.2) is 0 Å². The number of aliphatic hydroxyl groups is 1. The first-order valence-corrected chi connectivity index (χ1v) is 29.5. The number of nitrogens with one attached hydrogen (secondary N) is 5. The molecule has 0 saturated carbocycles. The van der Waals surface area contributed by atoms with Crippen LogP contribution in [0.15, 0.2) is 54.9 Å². The van der Waals surface area contributed by atoms with E-state index < -0.39 is 35.2 Å². The van der Waals surface area contributed by atoms with Crippen molar-refractivity contribution in [3.05, 3.63) is 77.6 Å². The van der Waals surface area contributed by atoms with Crippen LogP contribution in [0.2, 0.25) is 0 Å². The normalized spacial score (nSPS) is 21.6. The van der Waals surface area contributed by atoms with E-state index in [-0.39, 0.29) is 52.6 Å². The summed E-state index contributed by atoms with van der Waals surface area (Å²) in [5.41, 5.74) is 1.43. The van der Waals surface area contributed by atoms with Crippen molar-refractivity contribution in [2.75, 3.05) is 127 Å². The lowest BCUT2D eigenvalue weighted by atomic mass is 9.82. The average molecular weight is 1110 g/mol. The Hall–Kier alpha value is -5.54. The summed E-state index contributed by atoms with van der Waals surface area (Å²) in [6, 6.07) is 13.5. The molecule has 5 aliphatic rings. The largest absolute Gasteiger partial charge is 0.383 e. The number of benzene rings is 2. The number of anilines is 3. The van der Waals surface area contributed by atoms with Gasteiger partial charge >= 0.3 is 0 Å². The summed E-state index contributed by atoms with van der Waals surface area (Å²) in [4.78, 5) is 72.0. The minimum absolute atomic E-state index is 0.0308. The lowest BCUT2D eigenvalue weighted by molar-refractivity contribution is -0.136. The second-order valence-corrected chi connectivity index (χ2v) is 24.9. The quantitative estimate of drug-likeness (QED) is 0.0590. The van der Waals surface area contributed by atoms with Gasteiger partial charge in [0.05, 0.1) is 31.0 Å². The molecule has 5 fully saturated rings. The Morgan fingerprint density at radius 1 is 0.775 bits per heavy atom. The molecule has 80 heavy (non-hydrogen) atoms. The second-order valence-electron chi connectivity index (χ2n) is 24.9. The zero-order chi connectivity index (χ0) is 56.9. The third kappa shape index (κ3) is 17.2. The van der Waals surface area contributed by atoms with Crippen molar-refractivity contribution in [1.82, 2.24) is 45.9 Å². The molecule has 5 saturated heterocycles. The van der Waals surface area contributed by atoms with Gasteiger partial charge in [-0.05, 0) is 118 Å². The van der Waals surface area contributed by atoms with Crippen LogP contribution in [0.25, 0.3) is 0 Å². The molecule has 3 aromatic rings. The minimum Gasteiger partial charge on any atom is -0.383 e. The van der Waals surface area contributed by atoms with Crippen LogP contribution in [0, 0.1) is 34.3 Å². The van der Waals surface area contributed by atoms with Crippen molar-refractivity contribution in [1.29, 1.82) is 0 Å². The molecule has 1 aromatic heterocycles. The number of aliphatic hydroxyl groups excluding tert-OH is 1. The van der Waals surface area contributed by atoms with Gasteiger partial charge in [0, 0.05) is 96.1 Å². The predicted octanol–water partition coefficient (Wildman–Crippen LogP) is 4.96. The summed E-state index contributed by atoms with van der Waals surface area (Å²) in [6.07, 6.45) is 7.99. The first-order chi connectivity index (χ1) is 38.3. The molecule has 440 valence electrons. The standard InChI is InChI=1S/C60H90F2N12O6/c1-43(2)32-49(68-57(79)55(77)44(3)33-45-10-7-6-8-11-45)56(78)65-21-30-80-31-29-72-26-16-59(40-72)15-25-71(39-59)22-12-53(75)64-20-9-19-63-51-36-52(67-42-66-51)73-27-17-60(18-28-73)41-74(38-54(76)69-60)50-35-47(61)46(34-48(50)62)37-70-23-13-58(4,5)14-24-70/h6-8,10-11,34-36,42-44,49,55,77H,9,12-33,37-41H2,1-5H3,(H,64,75)(H,65,78)(H,68,79)(H,69,76)(H,63,66,67)/t44-,49+,55+,59+/m1/s1. The summed E-state index contributed by atoms with van der Waals surface area (Å²) < 4.78 is 37.2. The fourth-order valence-corrected chi connectivity index (χ4v) is 12.3. The highest BCUT2D eigenvalue weighted by Crippen LogP contribution is 2.40. The van der Waals surface area contributed by atoms with Crippen molar-refractivity contribution in [3.8, 4) is 0 Å². The highest BCUT2D eigenvalue weighted by molar-refractivity contribution is 5.89. The van der Waals surface area contributed by atoms with Crippen molar-refractivity contribution >= 4 is 41.0 Å². The number of piperidine rings is 2. The van der Waals surface area contributed by atoms with Gasteiger partial charge in [-0.2, -0.15) is 0 Å². The number of ether oxygens (including phenoxy) is 1. The number of nitrogens with zero attached hydrogens (tertiary/aromatic N) is 7. The molecule has 4 amide bonds. The van der Waals surface area contributed by atoms with Crippen molar-refractivity contribution in [3.63, 3.8) is 0 Å². The van der Waals surface area contributed by atoms with Gasteiger partial charge in [0.2, 0.25) is 23.6 Å². The van der Waals surface area contributed by atoms with Crippen LogP contribution in [-0.2, 0) is 36.9 Å². The van der Waals surface area contributed by atoms with Crippen molar-refractivity contribution in [2.45, 2.75) is 123 Å². The number of likely N-dealkylation sites (tertiary alicyclic amines) is 3. The number of piperazine rings is 1. The first kappa shape index (κ1) is 60.6. The minimum atomic E-state index is -1.23. The summed E-state index contributed by atoms with van der Waals surface area (Å²) in [7, 11) is 0. The molecule has 18 nitrogen and oxygen atoms in total. The zero-order valence-electron chi connectivity index (χ0n) is 48.2. The van der Waals surface area contributed by atoms with Gasteiger partial charge in [-0.15, -0.1) is 0 Å². The van der Waals surface area contributed by atoms with Gasteiger partial charge in [-0.1, -0.05) is 65.0 Å². The summed E-state index contributed by atoms with van der Waals surface area (Å²) in [6.45, 7) is 21.9. The Kier molecular flexibility index (Phi) is 21.2. The Morgan fingerprint density at radius 3 is 2.21 bits per heavy atom. The smallest absolute Gasteiger partial charge is 0.249 e. The third-order valence-electron chi connectivity index (χ3n) is 17.3. The molecule has 6 N–H and O–H groups in total. The molecule has 5 aliphatic heterocycles. The fraction of sp³-hybridized carbons (Fsp3) is 0.667. The number of carbonyl (C=O) groups is 4. The van der Waals surface area contributed by atoms with E-state index in [9.17, 15) is 24.3 Å². The Morgan fingerprint density at radius 2 is 1.49 bits per heavy atom. The van der Waals surface area contributed by atoms with Gasteiger partial charge in [0.1, 0.15) is 41.7 Å². The van der Waals surface area contributed by atoms with E-state index in [1.807, 2.05) is 57.2 Å². The molecule has 20 heteroatoms. The molecule has 0 aliphatic carbocycles. The number of amides is 4. The second kappa shape index (κ2) is 28.0. The van der Waals surface area contributed by atoms with E-state index in [1.165, 1.54) is 18.5 Å². The molecule has 8 rings (SSSR count). The van der Waals surface area contributed by atoms with Crippen molar-refractivity contribution < 1.29 is 37.8 Å². The van der Waals surface area contributed by atoms with Gasteiger partial charge in [0.25, 0.3) is 0 Å². The molecule has 2 spiro atoms. The maximum atomic E-state index is 15.7. The fourth-order valence-electron chi connectivity index (χ4n) is 12.3. The van der Waals surface area contributed by atoms with E-state index >= 15 is 8.78 Å². The SMILES string of the molecule is CC(C)C[C@H](NC(=O)[C@@H](O)[C@H](C)Cc1ccccc1)C(=O)NCCOCCN1CC[C@]2(CCN(CCC(=O)NCCCNc3cc(N4CCC5(CC4)CN(c4cc(F)c(CN6CCC(C)(C)CC6)cc4F)CC(=O)N5)ncn3)C2)C1. The third-order valence-corrected chi connectivity index (χ3v) is 17.3. The molecule has 0 unspecified atom stereocenters. The topological polar surface area (TPSA) is 200 Å². The number of hydrogen-bond acceptors (Lipinski definition) is 14. The van der Waals surface area contributed by atoms with E-state index in [0.717, 1.165) is 95.8 Å². The predicted molar refractivity (Wildman–Crippen MR) is 307 cm³/mol. The molecule has 6 heterocycles.